The second-order valence-corrected chi connectivity index (χ2v) is 11.3. The molecule has 1 aromatic carbocycles. The number of esters is 1. The molecule has 0 aromatic heterocycles. The van der Waals surface area contributed by atoms with Crippen LogP contribution in [0.1, 0.15) is 27.7 Å². The molecule has 36 heavy (non-hydrogen) atoms. The third kappa shape index (κ3) is 6.67. The number of amides is 1. The first-order valence-corrected chi connectivity index (χ1v) is 13.2. The van der Waals surface area contributed by atoms with Gasteiger partial charge in [-0.1, -0.05) is 24.8 Å². The maximum Gasteiger partial charge on any atom is 0.459 e. The van der Waals surface area contributed by atoms with Crippen LogP contribution in [0.3, 0.4) is 0 Å². The minimum Gasteiger partial charge on any atom is -0.462 e. The van der Waals surface area contributed by atoms with Gasteiger partial charge in [0.2, 0.25) is 0 Å². The fourth-order valence-electron chi connectivity index (χ4n) is 3.56. The Bertz CT molecular complexity index is 1050. The van der Waals surface area contributed by atoms with Crippen molar-refractivity contribution in [2.24, 2.45) is 0 Å². The molecule has 0 saturated carbocycles. The van der Waals surface area contributed by atoms with Crippen LogP contribution in [0.2, 0.25) is 0 Å². The van der Waals surface area contributed by atoms with E-state index in [0.717, 1.165) is 0 Å². The van der Waals surface area contributed by atoms with Crippen LogP contribution in [0, 0.1) is 0 Å². The van der Waals surface area contributed by atoms with Gasteiger partial charge in [-0.15, -0.1) is 11.6 Å². The number of halogens is 1. The van der Waals surface area contributed by atoms with E-state index in [9.17, 15) is 19.3 Å². The van der Waals surface area contributed by atoms with E-state index in [1.165, 1.54) is 24.1 Å². The summed E-state index contributed by atoms with van der Waals surface area (Å²) in [7, 11) is -4.17. The number of rotatable bonds is 10. The Balaban J connectivity index is 1.76. The predicted octanol–water partition coefficient (Wildman–Crippen LogP) is 2.62. The second kappa shape index (κ2) is 11.3. The molecule has 2 heterocycles. The molecule has 1 aromatic rings. The average Bonchev–Trinajstić information content (AvgIpc) is 3.01. The monoisotopic (exact) mass is 543 g/mol. The molecule has 1 fully saturated rings. The van der Waals surface area contributed by atoms with Crippen LogP contribution in [0.4, 0.5) is 0 Å². The van der Waals surface area contributed by atoms with E-state index in [-0.39, 0.29) is 23.6 Å². The van der Waals surface area contributed by atoms with Crippen molar-refractivity contribution in [3.8, 4) is 5.75 Å². The molecule has 2 aliphatic heterocycles. The van der Waals surface area contributed by atoms with E-state index in [0.29, 0.717) is 0 Å². The topological polar surface area (TPSA) is 136 Å². The molecule has 0 spiro atoms. The van der Waals surface area contributed by atoms with Crippen LogP contribution in [-0.4, -0.2) is 63.9 Å². The summed E-state index contributed by atoms with van der Waals surface area (Å²) in [5.41, 5.74) is 0. The zero-order valence-electron chi connectivity index (χ0n) is 20.4. The number of aliphatic hydroxyl groups excluding tert-OH is 1. The van der Waals surface area contributed by atoms with E-state index >= 15 is 0 Å². The van der Waals surface area contributed by atoms with Crippen LogP contribution in [0.25, 0.3) is 0 Å². The Hall–Kier alpha value is -2.40. The molecule has 0 aliphatic carbocycles. The zero-order chi connectivity index (χ0) is 26.7. The Morgan fingerprint density at radius 2 is 2.03 bits per heavy atom. The predicted molar refractivity (Wildman–Crippen MR) is 132 cm³/mol. The molecular weight excluding hydrogens is 513 g/mol. The fourth-order valence-corrected chi connectivity index (χ4v) is 5.36. The van der Waals surface area contributed by atoms with Gasteiger partial charge < -0.3 is 29.3 Å². The van der Waals surface area contributed by atoms with Crippen LogP contribution < -0.4 is 14.9 Å². The lowest BCUT2D eigenvalue weighted by Crippen LogP contribution is -2.50. The molecule has 3 N–H and O–H groups in total. The highest BCUT2D eigenvalue weighted by Gasteiger charge is 2.55. The summed E-state index contributed by atoms with van der Waals surface area (Å²) in [5.74, 6) is -0.559. The van der Waals surface area contributed by atoms with Crippen molar-refractivity contribution in [1.29, 1.82) is 0 Å². The van der Waals surface area contributed by atoms with Crippen molar-refractivity contribution in [3.05, 3.63) is 55.0 Å². The number of alkyl halides is 1. The number of nitrogens with one attached hydrogen (secondary N) is 2. The fraction of sp³-hybridized carbons (Fsp3) is 0.478. The zero-order valence-corrected chi connectivity index (χ0v) is 22.1. The first-order valence-electron chi connectivity index (χ1n) is 11.3. The molecule has 3 rings (SSSR count). The van der Waals surface area contributed by atoms with Crippen LogP contribution in [0.5, 0.6) is 5.75 Å². The number of ether oxygens (including phenoxy) is 2. The molecule has 1 amide bonds. The smallest absolute Gasteiger partial charge is 0.459 e. The third-order valence-corrected chi connectivity index (χ3v) is 7.42. The minimum atomic E-state index is -4.17. The molecule has 13 heteroatoms. The van der Waals surface area contributed by atoms with Gasteiger partial charge >= 0.3 is 13.7 Å². The van der Waals surface area contributed by atoms with Gasteiger partial charge in [0.15, 0.2) is 6.23 Å². The first-order chi connectivity index (χ1) is 16.8. The molecule has 0 bridgehead atoms. The van der Waals surface area contributed by atoms with Gasteiger partial charge in [-0.3, -0.25) is 14.1 Å². The summed E-state index contributed by atoms with van der Waals surface area (Å²) in [4.78, 5) is 24.0. The van der Waals surface area contributed by atoms with Crippen LogP contribution in [-0.2, 0) is 28.2 Å². The van der Waals surface area contributed by atoms with Crippen molar-refractivity contribution in [1.82, 2.24) is 15.3 Å². The van der Waals surface area contributed by atoms with E-state index in [1.54, 1.807) is 51.1 Å². The minimum absolute atomic E-state index is 0.213. The van der Waals surface area contributed by atoms with Crippen molar-refractivity contribution in [2.45, 2.75) is 63.2 Å². The third-order valence-electron chi connectivity index (χ3n) is 5.37. The molecular formula is C23H31ClN3O8P. The van der Waals surface area contributed by atoms with Gasteiger partial charge in [0, 0.05) is 12.3 Å². The van der Waals surface area contributed by atoms with Gasteiger partial charge in [0.05, 0.1) is 12.7 Å². The largest absolute Gasteiger partial charge is 0.462 e. The molecule has 11 nitrogen and oxygen atoms in total. The first kappa shape index (κ1) is 28.2. The Kier molecular flexibility index (Phi) is 8.87. The molecule has 0 radical (unpaired) electrons. The summed E-state index contributed by atoms with van der Waals surface area (Å²) >= 11 is 6.63. The molecule has 1 unspecified atom stereocenters. The SMILES string of the molecule is C=C1NC(=O)C=CN1[C@@H]1OC(CO[P@](=O)(N[C@H](C)C(=O)OC(C)C)Oc2ccccc2)[C@@H](O)[C@@]1(C)Cl. The number of hydrogen-bond donors (Lipinski definition) is 3. The van der Waals surface area contributed by atoms with E-state index in [1.807, 2.05) is 0 Å². The number of hydrogen-bond acceptors (Lipinski definition) is 9. The highest BCUT2D eigenvalue weighted by molar-refractivity contribution is 7.52. The summed E-state index contributed by atoms with van der Waals surface area (Å²) in [6.45, 7) is 9.78. The lowest BCUT2D eigenvalue weighted by molar-refractivity contribution is -0.149. The summed E-state index contributed by atoms with van der Waals surface area (Å²) in [5, 5.41) is 16.0. The number of nitrogens with zero attached hydrogens (tertiary/aromatic N) is 1. The summed E-state index contributed by atoms with van der Waals surface area (Å²) in [6.07, 6.45) is -0.907. The number of para-hydroxylation sites is 1. The van der Waals surface area contributed by atoms with Crippen molar-refractivity contribution < 1.29 is 37.8 Å². The summed E-state index contributed by atoms with van der Waals surface area (Å²) < 4.78 is 36.0. The van der Waals surface area contributed by atoms with Crippen molar-refractivity contribution in [3.63, 3.8) is 0 Å². The number of carbonyl (C=O) groups is 2. The van der Waals surface area contributed by atoms with Gasteiger partial charge in [0.1, 0.15) is 34.7 Å². The number of benzene rings is 1. The maximum atomic E-state index is 13.7. The van der Waals surface area contributed by atoms with Crippen LogP contribution in [0.15, 0.2) is 55.0 Å². The molecule has 6 atom stereocenters. The summed E-state index contributed by atoms with van der Waals surface area (Å²) in [6, 6.07) is 7.23. The average molecular weight is 544 g/mol. The number of carbonyl (C=O) groups excluding carboxylic acids is 2. The second-order valence-electron chi connectivity index (χ2n) is 8.82. The Morgan fingerprint density at radius 1 is 1.36 bits per heavy atom. The molecule has 1 saturated heterocycles. The highest BCUT2D eigenvalue weighted by atomic mass is 35.5. The van der Waals surface area contributed by atoms with Crippen LogP contribution >= 0.6 is 19.3 Å². The van der Waals surface area contributed by atoms with E-state index < -0.39 is 49.7 Å². The van der Waals surface area contributed by atoms with E-state index in [2.05, 4.69) is 17.0 Å². The van der Waals surface area contributed by atoms with Gasteiger partial charge in [-0.05, 0) is 39.8 Å². The van der Waals surface area contributed by atoms with Crippen molar-refractivity contribution in [2.75, 3.05) is 6.61 Å². The highest BCUT2D eigenvalue weighted by Crippen LogP contribution is 2.47. The van der Waals surface area contributed by atoms with Gasteiger partial charge in [-0.25, -0.2) is 4.57 Å². The maximum absolute atomic E-state index is 13.7. The lowest BCUT2D eigenvalue weighted by atomic mass is 10.0. The lowest BCUT2D eigenvalue weighted by Gasteiger charge is -2.36. The van der Waals surface area contributed by atoms with E-state index in [4.69, 9.17) is 30.1 Å². The molecule has 2 aliphatic rings. The van der Waals surface area contributed by atoms with Gasteiger partial charge in [-0.2, -0.15) is 5.09 Å². The van der Waals surface area contributed by atoms with Gasteiger partial charge in [0.25, 0.3) is 5.91 Å². The molecule has 198 valence electrons. The normalized spacial score (nSPS) is 28.5. The Morgan fingerprint density at radius 3 is 2.64 bits per heavy atom. The van der Waals surface area contributed by atoms with Crippen molar-refractivity contribution >= 4 is 31.2 Å². The standard InChI is InChI=1S/C23H31ClN3O8P/c1-14(2)33-21(30)15(3)26-36(31,35-17-9-7-6-8-10-17)32-13-18-20(29)23(5,24)22(34-18)27-12-11-19(28)25-16(27)4/h6-12,14-15,18,20,22,29H,4,13H2,1-3,5H3,(H,25,28)(H,26,31)/t15-,18?,20-,22-,23-,36-/m1/s1. The Labute approximate surface area is 214 Å². The quantitative estimate of drug-likeness (QED) is 0.229. The number of aliphatic hydroxyl groups is 1.